The number of hydrogen-bond donors (Lipinski definition) is 3. The summed E-state index contributed by atoms with van der Waals surface area (Å²) in [5.41, 5.74) is 1.94. The number of methoxy groups -OCH3 is 1. The molecular formula is C25H27FN2O3. The maximum Gasteiger partial charge on any atom is 0.254 e. The van der Waals surface area contributed by atoms with Crippen molar-refractivity contribution in [3.63, 3.8) is 0 Å². The summed E-state index contributed by atoms with van der Waals surface area (Å²) in [7, 11) is 1.61. The van der Waals surface area contributed by atoms with Crippen LogP contribution in [0, 0.1) is 5.82 Å². The molecule has 3 N–H and O–H groups in total. The zero-order valence-electron chi connectivity index (χ0n) is 17.4. The highest BCUT2D eigenvalue weighted by atomic mass is 19.1. The van der Waals surface area contributed by atoms with Gasteiger partial charge in [-0.05, 0) is 41.8 Å². The third kappa shape index (κ3) is 6.64. The van der Waals surface area contributed by atoms with Gasteiger partial charge in [0, 0.05) is 13.1 Å². The van der Waals surface area contributed by atoms with Crippen molar-refractivity contribution in [3.05, 3.63) is 101 Å². The first-order chi connectivity index (χ1) is 15.1. The van der Waals surface area contributed by atoms with Crippen molar-refractivity contribution >= 4 is 5.91 Å². The van der Waals surface area contributed by atoms with Crippen LogP contribution in [0.15, 0.2) is 78.9 Å². The van der Waals surface area contributed by atoms with Crippen LogP contribution in [0.1, 0.15) is 21.5 Å². The Labute approximate surface area is 181 Å². The number of hydrogen-bond acceptors (Lipinski definition) is 4. The molecule has 0 aromatic heterocycles. The van der Waals surface area contributed by atoms with Crippen molar-refractivity contribution in [2.45, 2.75) is 25.1 Å². The molecule has 0 aliphatic carbocycles. The molecule has 5 nitrogen and oxygen atoms in total. The highest BCUT2D eigenvalue weighted by Gasteiger charge is 2.23. The number of ether oxygens (including phenoxy) is 1. The summed E-state index contributed by atoms with van der Waals surface area (Å²) in [6, 6.07) is 22.4. The number of amides is 1. The topological polar surface area (TPSA) is 70.6 Å². The molecule has 0 saturated heterocycles. The van der Waals surface area contributed by atoms with Gasteiger partial charge < -0.3 is 20.5 Å². The summed E-state index contributed by atoms with van der Waals surface area (Å²) < 4.78 is 19.3. The molecule has 0 fully saturated rings. The monoisotopic (exact) mass is 422 g/mol. The smallest absolute Gasteiger partial charge is 0.254 e. The quantitative estimate of drug-likeness (QED) is 0.469. The van der Waals surface area contributed by atoms with Gasteiger partial charge in [0.1, 0.15) is 11.6 Å². The molecule has 0 unspecified atom stereocenters. The molecule has 3 aromatic carbocycles. The Bertz CT molecular complexity index is 981. The zero-order valence-corrected chi connectivity index (χ0v) is 17.4. The molecular weight excluding hydrogens is 395 g/mol. The van der Waals surface area contributed by atoms with Crippen molar-refractivity contribution in [3.8, 4) is 5.75 Å². The van der Waals surface area contributed by atoms with E-state index in [0.29, 0.717) is 13.0 Å². The lowest BCUT2D eigenvalue weighted by Gasteiger charge is -2.25. The van der Waals surface area contributed by atoms with Crippen molar-refractivity contribution in [2.75, 3.05) is 13.7 Å². The molecule has 3 aromatic rings. The molecule has 0 aliphatic rings. The van der Waals surface area contributed by atoms with Crippen LogP contribution < -0.4 is 15.4 Å². The van der Waals surface area contributed by atoms with Gasteiger partial charge >= 0.3 is 0 Å². The van der Waals surface area contributed by atoms with E-state index >= 15 is 0 Å². The van der Waals surface area contributed by atoms with E-state index in [-0.39, 0.29) is 12.1 Å². The third-order valence-electron chi connectivity index (χ3n) is 5.01. The van der Waals surface area contributed by atoms with Crippen molar-refractivity contribution in [1.29, 1.82) is 0 Å². The van der Waals surface area contributed by atoms with Gasteiger partial charge in [-0.3, -0.25) is 4.79 Å². The van der Waals surface area contributed by atoms with Gasteiger partial charge in [0.15, 0.2) is 0 Å². The molecule has 0 spiro atoms. The maximum absolute atomic E-state index is 14.0. The van der Waals surface area contributed by atoms with E-state index in [9.17, 15) is 14.3 Å². The lowest BCUT2D eigenvalue weighted by Crippen LogP contribution is -2.48. The Kier molecular flexibility index (Phi) is 8.15. The van der Waals surface area contributed by atoms with Crippen LogP contribution in [0.4, 0.5) is 4.39 Å². The van der Waals surface area contributed by atoms with Crippen LogP contribution in [0.3, 0.4) is 0 Å². The summed E-state index contributed by atoms with van der Waals surface area (Å²) in [5.74, 6) is -0.381. The number of carbonyl (C=O) groups is 1. The normalized spacial score (nSPS) is 12.7. The predicted octanol–water partition coefficient (Wildman–Crippen LogP) is 3.33. The highest BCUT2D eigenvalue weighted by Crippen LogP contribution is 2.13. The van der Waals surface area contributed by atoms with E-state index in [2.05, 4.69) is 10.6 Å². The van der Waals surface area contributed by atoms with Crippen molar-refractivity contribution < 1.29 is 19.0 Å². The molecule has 2 atom stereocenters. The standard InChI is InChI=1S/C25H27FN2O3/c1-31-20-11-7-10-19(14-20)16-27-17-24(29)23(15-18-8-3-2-4-9-18)28-25(30)21-12-5-6-13-22(21)26/h2-14,23-24,27,29H,15-17H2,1H3,(H,28,30)/t23-,24+/m0/s1. The molecule has 0 aliphatic heterocycles. The summed E-state index contributed by atoms with van der Waals surface area (Å²) in [4.78, 5) is 12.6. The number of aliphatic hydroxyl groups excluding tert-OH is 1. The fourth-order valence-corrected chi connectivity index (χ4v) is 3.33. The van der Waals surface area contributed by atoms with Gasteiger partial charge in [0.25, 0.3) is 5.91 Å². The first kappa shape index (κ1) is 22.5. The lowest BCUT2D eigenvalue weighted by molar-refractivity contribution is 0.0826. The van der Waals surface area contributed by atoms with E-state index in [1.807, 2.05) is 54.6 Å². The number of carbonyl (C=O) groups excluding carboxylic acids is 1. The molecule has 0 heterocycles. The van der Waals surface area contributed by atoms with Gasteiger partial charge in [-0.25, -0.2) is 4.39 Å². The SMILES string of the molecule is COc1cccc(CNC[C@@H](O)[C@H](Cc2ccccc2)NC(=O)c2ccccc2F)c1. The molecule has 31 heavy (non-hydrogen) atoms. The van der Waals surface area contributed by atoms with E-state index in [1.54, 1.807) is 13.2 Å². The van der Waals surface area contributed by atoms with Crippen molar-refractivity contribution in [1.82, 2.24) is 10.6 Å². The average molecular weight is 423 g/mol. The van der Waals surface area contributed by atoms with Crippen LogP contribution in [0.2, 0.25) is 0 Å². The van der Waals surface area contributed by atoms with E-state index in [4.69, 9.17) is 4.74 Å². The first-order valence-corrected chi connectivity index (χ1v) is 10.2. The van der Waals surface area contributed by atoms with Gasteiger partial charge in [-0.15, -0.1) is 0 Å². The Morgan fingerprint density at radius 1 is 1.00 bits per heavy atom. The van der Waals surface area contributed by atoms with Gasteiger partial charge in [-0.1, -0.05) is 54.6 Å². The molecule has 0 radical (unpaired) electrons. The second kappa shape index (κ2) is 11.2. The number of benzene rings is 3. The summed E-state index contributed by atoms with van der Waals surface area (Å²) in [6.45, 7) is 0.792. The number of rotatable bonds is 10. The summed E-state index contributed by atoms with van der Waals surface area (Å²) in [5, 5.41) is 16.8. The molecule has 6 heteroatoms. The average Bonchev–Trinajstić information content (AvgIpc) is 2.79. The first-order valence-electron chi connectivity index (χ1n) is 10.2. The van der Waals surface area contributed by atoms with Crippen LogP contribution in [0.5, 0.6) is 5.75 Å². The lowest BCUT2D eigenvalue weighted by atomic mass is 10.00. The van der Waals surface area contributed by atoms with E-state index in [1.165, 1.54) is 18.2 Å². The van der Waals surface area contributed by atoms with E-state index < -0.39 is 23.9 Å². The van der Waals surface area contributed by atoms with Crippen LogP contribution in [-0.2, 0) is 13.0 Å². The van der Waals surface area contributed by atoms with Crippen LogP contribution >= 0.6 is 0 Å². The minimum Gasteiger partial charge on any atom is -0.497 e. The van der Waals surface area contributed by atoms with Gasteiger partial charge in [-0.2, -0.15) is 0 Å². The summed E-state index contributed by atoms with van der Waals surface area (Å²) in [6.07, 6.45) is -0.454. The molecule has 0 saturated carbocycles. The van der Waals surface area contributed by atoms with Crippen molar-refractivity contribution in [2.24, 2.45) is 0 Å². The minimum absolute atomic E-state index is 0.0444. The van der Waals surface area contributed by atoms with E-state index in [0.717, 1.165) is 16.9 Å². The number of halogens is 1. The number of nitrogens with one attached hydrogen (secondary N) is 2. The van der Waals surface area contributed by atoms with Gasteiger partial charge in [0.2, 0.25) is 0 Å². The maximum atomic E-state index is 14.0. The molecule has 1 amide bonds. The number of aliphatic hydroxyl groups is 1. The third-order valence-corrected chi connectivity index (χ3v) is 5.01. The molecule has 3 rings (SSSR count). The molecule has 0 bridgehead atoms. The fraction of sp³-hybridized carbons (Fsp3) is 0.240. The highest BCUT2D eigenvalue weighted by molar-refractivity contribution is 5.94. The molecule has 162 valence electrons. The van der Waals surface area contributed by atoms with Crippen LogP contribution in [0.25, 0.3) is 0 Å². The Morgan fingerprint density at radius 3 is 2.45 bits per heavy atom. The Hall–Kier alpha value is -3.22. The Balaban J connectivity index is 1.66. The minimum atomic E-state index is -0.874. The second-order valence-electron chi connectivity index (χ2n) is 7.30. The fourth-order valence-electron chi connectivity index (χ4n) is 3.33. The Morgan fingerprint density at radius 2 is 1.71 bits per heavy atom. The zero-order chi connectivity index (χ0) is 22.1. The van der Waals surface area contributed by atoms with Gasteiger partial charge in [0.05, 0.1) is 24.8 Å². The van der Waals surface area contributed by atoms with Crippen LogP contribution in [-0.4, -0.2) is 36.8 Å². The summed E-state index contributed by atoms with van der Waals surface area (Å²) >= 11 is 0. The predicted molar refractivity (Wildman–Crippen MR) is 119 cm³/mol. The largest absolute Gasteiger partial charge is 0.497 e. The second-order valence-corrected chi connectivity index (χ2v) is 7.30.